The molecule has 0 atom stereocenters. The molecule has 40 heavy (non-hydrogen) atoms. The van der Waals surface area contributed by atoms with Gasteiger partial charge in [-0.25, -0.2) is 0 Å². The van der Waals surface area contributed by atoms with Crippen LogP contribution in [0.5, 0.6) is 23.0 Å². The van der Waals surface area contributed by atoms with Crippen molar-refractivity contribution in [2.45, 2.75) is 12.8 Å². The SMILES string of the molecule is COc1cccc(C=NCCCCN=Cc2cccc(OC)c2[O-])c1[O-].O=[N+]([O-])[O-].O=[N+]([O-])[O-].O=[N+]([O-])[O-].[Cu+2].[Er+3]. The van der Waals surface area contributed by atoms with Crippen molar-refractivity contribution >= 4 is 12.4 Å². The van der Waals surface area contributed by atoms with Gasteiger partial charge in [-0.15, -0.1) is 0 Å². The van der Waals surface area contributed by atoms with Crippen molar-refractivity contribution in [2.24, 2.45) is 9.98 Å². The quantitative estimate of drug-likeness (QED) is 0.115. The fourth-order valence-electron chi connectivity index (χ4n) is 2.32. The van der Waals surface area contributed by atoms with Crippen molar-refractivity contribution in [1.29, 1.82) is 0 Å². The first kappa shape index (κ1) is 43.4. The van der Waals surface area contributed by atoms with Crippen LogP contribution in [0, 0.1) is 83.3 Å². The normalized spacial score (nSPS) is 9.15. The Balaban J connectivity index is -0.000000392. The number of nitrogens with zero attached hydrogens (tertiary/aromatic N) is 5. The van der Waals surface area contributed by atoms with Crippen molar-refractivity contribution in [3.8, 4) is 23.0 Å². The molecule has 0 aliphatic rings. The molecule has 0 aliphatic heterocycles. The third-order valence-corrected chi connectivity index (χ3v) is 3.74. The second kappa shape index (κ2) is 26.9. The van der Waals surface area contributed by atoms with Crippen LogP contribution in [0.2, 0.25) is 0 Å². The van der Waals surface area contributed by atoms with Crippen LogP contribution in [0.25, 0.3) is 0 Å². The Morgan fingerprint density at radius 2 is 0.950 bits per heavy atom. The fourth-order valence-corrected chi connectivity index (χ4v) is 2.32. The molecule has 0 N–H and O–H groups in total. The Labute approximate surface area is 267 Å². The van der Waals surface area contributed by atoms with Crippen LogP contribution in [-0.2, 0) is 17.1 Å². The first-order chi connectivity index (χ1) is 17.9. The number of rotatable bonds is 9. The van der Waals surface area contributed by atoms with E-state index in [0.717, 1.165) is 12.8 Å². The molecule has 0 amide bonds. The van der Waals surface area contributed by atoms with E-state index in [-0.39, 0.29) is 65.9 Å². The smallest absolute Gasteiger partial charge is 0.870 e. The van der Waals surface area contributed by atoms with E-state index in [4.69, 9.17) is 55.4 Å². The van der Waals surface area contributed by atoms with Crippen LogP contribution >= 0.6 is 0 Å². The first-order valence-electron chi connectivity index (χ1n) is 9.99. The predicted molar refractivity (Wildman–Crippen MR) is 130 cm³/mol. The van der Waals surface area contributed by atoms with Gasteiger partial charge in [0.2, 0.25) is 0 Å². The number of hydrogen-bond acceptors (Lipinski definition) is 15. The Morgan fingerprint density at radius 3 is 1.20 bits per heavy atom. The van der Waals surface area contributed by atoms with Crippen molar-refractivity contribution in [1.82, 2.24) is 0 Å². The fraction of sp³-hybridized carbons (Fsp3) is 0.300. The van der Waals surface area contributed by atoms with Gasteiger partial charge in [-0.1, -0.05) is 35.8 Å². The molecule has 0 fully saturated rings. The summed E-state index contributed by atoms with van der Waals surface area (Å²) < 4.78 is 9.99. The van der Waals surface area contributed by atoms with Gasteiger partial charge >= 0.3 is 54.4 Å². The van der Waals surface area contributed by atoms with E-state index < -0.39 is 15.3 Å². The van der Waals surface area contributed by atoms with Gasteiger partial charge in [0.05, 0.1) is 29.5 Å². The van der Waals surface area contributed by atoms with E-state index >= 15 is 0 Å². The number of benzene rings is 2. The number of hydrogen-bond donors (Lipinski definition) is 0. The van der Waals surface area contributed by atoms with Crippen LogP contribution in [0.15, 0.2) is 46.4 Å². The topological polar surface area (TPSA) is 288 Å². The van der Waals surface area contributed by atoms with Gasteiger partial charge in [-0.2, -0.15) is 0 Å². The molecule has 2 rings (SSSR count). The third kappa shape index (κ3) is 24.7. The second-order valence-corrected chi connectivity index (χ2v) is 6.21. The summed E-state index contributed by atoms with van der Waals surface area (Å²) in [5.41, 5.74) is 1.03. The average Bonchev–Trinajstić information content (AvgIpc) is 2.81. The van der Waals surface area contributed by atoms with Gasteiger partial charge in [0.1, 0.15) is 11.5 Å². The zero-order valence-electron chi connectivity index (χ0n) is 20.6. The molecule has 2 aromatic carbocycles. The van der Waals surface area contributed by atoms with Gasteiger partial charge in [0, 0.05) is 25.5 Å². The van der Waals surface area contributed by atoms with Crippen LogP contribution in [0.3, 0.4) is 0 Å². The van der Waals surface area contributed by atoms with Crippen LogP contribution in [-0.4, -0.2) is 55.0 Å². The van der Waals surface area contributed by atoms with Crippen LogP contribution < -0.4 is 19.7 Å². The molecule has 18 nitrogen and oxygen atoms in total. The molecule has 0 bridgehead atoms. The predicted octanol–water partition coefficient (Wildman–Crippen LogP) is 1.45. The molecule has 0 unspecified atom stereocenters. The molecular formula is C20H22CuErN5O13. The standard InChI is InChI=1S/C20H24N2O4.Cu.Er.3NO3/c1-25-17-9-5-7-15(19(17)23)13-21-11-3-4-12-22-14-16-8-6-10-18(26-2)20(16)24;;;3*2-1(3)4/h5-10,13-14,23-24H,3-4,11-12H2,1-2H3;;;;;/q;+2;+3;3*-1/p-2. The third-order valence-electron chi connectivity index (χ3n) is 3.74. The summed E-state index contributed by atoms with van der Waals surface area (Å²) in [5.74, 6) is 0.322. The summed E-state index contributed by atoms with van der Waals surface area (Å²) in [6, 6.07) is 10.2. The average molecular weight is 771 g/mol. The number of aliphatic imine (C=N–C) groups is 2. The summed E-state index contributed by atoms with van der Waals surface area (Å²) in [6.07, 6.45) is 4.84. The molecule has 2 aromatic rings. The molecule has 2 radical (unpaired) electrons. The number of ether oxygens (including phenoxy) is 2. The molecule has 20 heteroatoms. The Hall–Kier alpha value is -3.65. The minimum absolute atomic E-state index is 0. The van der Waals surface area contributed by atoms with E-state index in [9.17, 15) is 10.2 Å². The summed E-state index contributed by atoms with van der Waals surface area (Å²) in [6.45, 7) is 1.22. The molecule has 0 spiro atoms. The van der Waals surface area contributed by atoms with Gasteiger partial charge in [0.25, 0.3) is 0 Å². The van der Waals surface area contributed by atoms with Crippen LogP contribution in [0.4, 0.5) is 0 Å². The van der Waals surface area contributed by atoms with Crippen molar-refractivity contribution in [2.75, 3.05) is 27.3 Å². The van der Waals surface area contributed by atoms with Gasteiger partial charge in [-0.05, 0) is 36.1 Å². The number of methoxy groups -OCH3 is 2. The van der Waals surface area contributed by atoms with E-state index in [1.807, 2.05) is 0 Å². The molecule has 0 aliphatic carbocycles. The molecule has 0 saturated heterocycles. The maximum Gasteiger partial charge on any atom is 3.00 e. The minimum Gasteiger partial charge on any atom is -0.870 e. The Morgan fingerprint density at radius 1 is 0.675 bits per heavy atom. The molecule has 0 heterocycles. The van der Waals surface area contributed by atoms with Gasteiger partial charge in [-0.3, -0.25) is 9.98 Å². The second-order valence-electron chi connectivity index (χ2n) is 6.21. The van der Waals surface area contributed by atoms with Crippen LogP contribution in [0.1, 0.15) is 24.0 Å². The van der Waals surface area contributed by atoms with Crippen molar-refractivity contribution in [3.63, 3.8) is 0 Å². The van der Waals surface area contributed by atoms with Gasteiger partial charge in [0.15, 0.2) is 0 Å². The zero-order valence-corrected chi connectivity index (χ0v) is 23.4. The molecule has 228 valence electrons. The molecular weight excluding hydrogens is 749 g/mol. The largest absolute Gasteiger partial charge is 3.00 e. The zero-order chi connectivity index (χ0) is 29.5. The van der Waals surface area contributed by atoms with E-state index in [1.54, 1.807) is 48.8 Å². The molecule has 0 aromatic heterocycles. The Kier molecular flexibility index (Phi) is 29.2. The maximum atomic E-state index is 11.9. The monoisotopic (exact) mass is 769 g/mol. The van der Waals surface area contributed by atoms with Crippen molar-refractivity contribution < 1.29 is 89.3 Å². The van der Waals surface area contributed by atoms with E-state index in [2.05, 4.69) is 9.98 Å². The number of para-hydroxylation sites is 2. The molecule has 0 saturated carbocycles. The Bertz CT molecular complexity index is 971. The summed E-state index contributed by atoms with van der Waals surface area (Å²) in [5, 5.41) is 68.1. The summed E-state index contributed by atoms with van der Waals surface area (Å²) >= 11 is 0. The minimum atomic E-state index is -1.75. The van der Waals surface area contributed by atoms with E-state index in [0.29, 0.717) is 35.7 Å². The first-order valence-corrected chi connectivity index (χ1v) is 9.99. The van der Waals surface area contributed by atoms with Crippen molar-refractivity contribution in [3.05, 3.63) is 93.5 Å². The van der Waals surface area contributed by atoms with E-state index in [1.165, 1.54) is 14.2 Å². The summed E-state index contributed by atoms with van der Waals surface area (Å²) in [7, 11) is 2.94. The maximum absolute atomic E-state index is 11.9. The van der Waals surface area contributed by atoms with Gasteiger partial charge < -0.3 is 65.7 Å². The summed E-state index contributed by atoms with van der Waals surface area (Å²) in [4.78, 5) is 33.3. The number of unbranched alkanes of at least 4 members (excludes halogenated alkanes) is 1.